The quantitative estimate of drug-likeness (QED) is 0.115. The third-order valence-corrected chi connectivity index (χ3v) is 5.24. The van der Waals surface area contributed by atoms with Gasteiger partial charge in [0.15, 0.2) is 5.69 Å². The molecule has 0 aliphatic rings. The number of rotatable bonds is 14. The number of allylic oxidation sites excluding steroid dienone is 2. The molecule has 0 saturated heterocycles. The van der Waals surface area contributed by atoms with Crippen molar-refractivity contribution in [2.24, 2.45) is 0 Å². The van der Waals surface area contributed by atoms with Crippen LogP contribution in [0, 0.1) is 0 Å². The van der Waals surface area contributed by atoms with E-state index >= 15 is 0 Å². The maximum atomic E-state index is 13.1. The maximum Gasteiger partial charge on any atom is 0.510 e. The zero-order valence-corrected chi connectivity index (χ0v) is 21.5. The Bertz CT molecular complexity index is 882. The van der Waals surface area contributed by atoms with Gasteiger partial charge in [-0.3, -0.25) is 13.6 Å². The second-order valence-electron chi connectivity index (χ2n) is 7.48. The van der Waals surface area contributed by atoms with Crippen molar-refractivity contribution in [3.05, 3.63) is 23.5 Å². The largest absolute Gasteiger partial charge is 0.510 e. The highest BCUT2D eigenvalue weighted by Gasteiger charge is 2.26. The van der Waals surface area contributed by atoms with Crippen LogP contribution >= 0.6 is 7.60 Å². The summed E-state index contributed by atoms with van der Waals surface area (Å²) in [5.74, 6) is -0.598. The number of hydrogen-bond donors (Lipinski definition) is 0. The van der Waals surface area contributed by atoms with Crippen LogP contribution in [-0.4, -0.2) is 71.8 Å². The number of aromatic nitrogens is 3. The molecule has 0 saturated carbocycles. The second-order valence-corrected chi connectivity index (χ2v) is 9.58. The Morgan fingerprint density at radius 1 is 1.00 bits per heavy atom. The fourth-order valence-electron chi connectivity index (χ4n) is 2.17. The molecule has 0 radical (unpaired) electrons. The van der Waals surface area contributed by atoms with E-state index in [2.05, 4.69) is 10.3 Å². The Morgan fingerprint density at radius 2 is 1.54 bits per heavy atom. The summed E-state index contributed by atoms with van der Waals surface area (Å²) in [6, 6.07) is 0. The minimum Gasteiger partial charge on any atom is -0.461 e. The predicted octanol–water partition coefficient (Wildman–Crippen LogP) is 3.67. The van der Waals surface area contributed by atoms with E-state index in [1.54, 1.807) is 41.5 Å². The number of ether oxygens (including phenoxy) is 5. The highest BCUT2D eigenvalue weighted by molar-refractivity contribution is 7.54. The van der Waals surface area contributed by atoms with Crippen molar-refractivity contribution < 1.29 is 51.7 Å². The van der Waals surface area contributed by atoms with E-state index in [-0.39, 0.29) is 25.0 Å². The summed E-state index contributed by atoms with van der Waals surface area (Å²) in [6.45, 7) is 8.86. The Kier molecular flexibility index (Phi) is 13.0. The van der Waals surface area contributed by atoms with Crippen molar-refractivity contribution in [1.29, 1.82) is 0 Å². The van der Waals surface area contributed by atoms with Crippen molar-refractivity contribution in [2.45, 2.75) is 60.3 Å². The number of carbonyl (C=O) groups excluding carboxylic acids is 3. The fraction of sp³-hybridized carbons (Fsp3) is 0.650. The van der Waals surface area contributed by atoms with E-state index < -0.39 is 51.7 Å². The molecule has 35 heavy (non-hydrogen) atoms. The van der Waals surface area contributed by atoms with Crippen LogP contribution in [0.3, 0.4) is 0 Å². The highest BCUT2D eigenvalue weighted by Crippen LogP contribution is 2.48. The molecule has 1 aromatic heterocycles. The molecule has 15 heteroatoms. The first-order chi connectivity index (χ1) is 16.4. The standard InChI is InChI=1S/C20H32N3O11P/c1-7-28-18(24)17-11-23(22-21-17)10-16(6)8-9-35(27,31-12-29-19(25)33-14(2)3)32-13-30-20(26)34-15(4)5/h8,11,14-15H,7,9-10,12-13H2,1-6H3/b16-8+. The molecule has 0 aliphatic heterocycles. The molecule has 198 valence electrons. The number of carbonyl (C=O) groups is 3. The van der Waals surface area contributed by atoms with E-state index in [1.807, 2.05) is 0 Å². The number of nitrogens with zero attached hydrogens (tertiary/aromatic N) is 3. The van der Waals surface area contributed by atoms with Gasteiger partial charge in [0, 0.05) is 0 Å². The topological polar surface area (TPSA) is 164 Å². The van der Waals surface area contributed by atoms with Gasteiger partial charge in [-0.1, -0.05) is 16.9 Å². The summed E-state index contributed by atoms with van der Waals surface area (Å²) in [5, 5.41) is 7.58. The molecule has 1 rings (SSSR count). The Morgan fingerprint density at radius 3 is 2.03 bits per heavy atom. The fourth-order valence-corrected chi connectivity index (χ4v) is 3.41. The van der Waals surface area contributed by atoms with Crippen LogP contribution in [0.25, 0.3) is 0 Å². The van der Waals surface area contributed by atoms with Gasteiger partial charge in [-0.25, -0.2) is 19.1 Å². The van der Waals surface area contributed by atoms with Gasteiger partial charge in [-0.05, 0) is 41.5 Å². The molecule has 0 atom stereocenters. The van der Waals surface area contributed by atoms with Gasteiger partial charge in [0.1, 0.15) is 0 Å². The molecule has 1 heterocycles. The summed E-state index contributed by atoms with van der Waals surface area (Å²) in [5.41, 5.74) is 0.714. The van der Waals surface area contributed by atoms with Crippen LogP contribution in [0.5, 0.6) is 0 Å². The van der Waals surface area contributed by atoms with Gasteiger partial charge in [0.2, 0.25) is 13.6 Å². The van der Waals surface area contributed by atoms with Crippen LogP contribution < -0.4 is 0 Å². The van der Waals surface area contributed by atoms with Gasteiger partial charge in [-0.15, -0.1) is 5.10 Å². The zero-order chi connectivity index (χ0) is 26.4. The zero-order valence-electron chi connectivity index (χ0n) is 20.6. The maximum absolute atomic E-state index is 13.1. The molecule has 0 N–H and O–H groups in total. The Labute approximate surface area is 203 Å². The SMILES string of the molecule is CCOC(=O)c1cn(C/C(C)=C/CP(=O)(OCOC(=O)OC(C)C)OCOC(=O)OC(C)C)nn1. The van der Waals surface area contributed by atoms with Crippen LogP contribution in [0.15, 0.2) is 17.8 Å². The highest BCUT2D eigenvalue weighted by atomic mass is 31.2. The van der Waals surface area contributed by atoms with E-state index in [9.17, 15) is 18.9 Å². The molecule has 0 unspecified atom stereocenters. The minimum atomic E-state index is -3.94. The predicted molar refractivity (Wildman–Crippen MR) is 120 cm³/mol. The van der Waals surface area contributed by atoms with Crippen molar-refractivity contribution in [2.75, 3.05) is 26.4 Å². The van der Waals surface area contributed by atoms with Crippen molar-refractivity contribution in [3.8, 4) is 0 Å². The summed E-state index contributed by atoms with van der Waals surface area (Å²) in [6.07, 6.45) is -0.188. The third kappa shape index (κ3) is 12.9. The second kappa shape index (κ2) is 15.1. The molecule has 0 fully saturated rings. The van der Waals surface area contributed by atoms with E-state index in [0.29, 0.717) is 5.57 Å². The monoisotopic (exact) mass is 521 g/mol. The summed E-state index contributed by atoms with van der Waals surface area (Å²) < 4.78 is 48.7. The smallest absolute Gasteiger partial charge is 0.461 e. The van der Waals surface area contributed by atoms with Crippen LogP contribution in [0.1, 0.15) is 52.0 Å². The molecular formula is C20H32N3O11P. The molecule has 0 aliphatic carbocycles. The van der Waals surface area contributed by atoms with E-state index in [1.165, 1.54) is 17.0 Å². The average Bonchev–Trinajstić information content (AvgIpc) is 3.20. The van der Waals surface area contributed by atoms with Gasteiger partial charge in [0.25, 0.3) is 0 Å². The van der Waals surface area contributed by atoms with Crippen LogP contribution in [0.2, 0.25) is 0 Å². The summed E-state index contributed by atoms with van der Waals surface area (Å²) >= 11 is 0. The first-order valence-electron chi connectivity index (χ1n) is 10.7. The lowest BCUT2D eigenvalue weighted by molar-refractivity contribution is -0.0298. The first-order valence-corrected chi connectivity index (χ1v) is 12.4. The minimum absolute atomic E-state index is 0.0489. The number of esters is 1. The van der Waals surface area contributed by atoms with E-state index in [0.717, 1.165) is 0 Å². The lowest BCUT2D eigenvalue weighted by Crippen LogP contribution is -2.16. The number of hydrogen-bond acceptors (Lipinski definition) is 13. The lowest BCUT2D eigenvalue weighted by Gasteiger charge is -2.18. The Balaban J connectivity index is 2.76. The molecule has 0 bridgehead atoms. The van der Waals surface area contributed by atoms with Crippen molar-refractivity contribution in [1.82, 2.24) is 15.0 Å². The normalized spacial score (nSPS) is 11.9. The summed E-state index contributed by atoms with van der Waals surface area (Å²) in [4.78, 5) is 34.7. The van der Waals surface area contributed by atoms with Gasteiger partial charge >= 0.3 is 25.9 Å². The molecular weight excluding hydrogens is 489 g/mol. The van der Waals surface area contributed by atoms with Crippen molar-refractivity contribution in [3.63, 3.8) is 0 Å². The molecule has 14 nitrogen and oxygen atoms in total. The first kappa shape index (κ1) is 30.1. The molecule has 0 amide bonds. The molecule has 1 aromatic rings. The van der Waals surface area contributed by atoms with Gasteiger partial charge in [0.05, 0.1) is 37.7 Å². The molecule has 0 spiro atoms. The molecule has 0 aromatic carbocycles. The van der Waals surface area contributed by atoms with Gasteiger partial charge < -0.3 is 23.7 Å². The van der Waals surface area contributed by atoms with Crippen LogP contribution in [-0.2, 0) is 43.8 Å². The van der Waals surface area contributed by atoms with Crippen molar-refractivity contribution >= 4 is 25.9 Å². The lowest BCUT2D eigenvalue weighted by atomic mass is 10.3. The Hall–Kier alpha value is -2.96. The van der Waals surface area contributed by atoms with E-state index in [4.69, 9.17) is 32.7 Å². The van der Waals surface area contributed by atoms with Crippen LogP contribution in [0.4, 0.5) is 9.59 Å². The average molecular weight is 521 g/mol. The third-order valence-electron chi connectivity index (χ3n) is 3.61. The summed E-state index contributed by atoms with van der Waals surface area (Å²) in [7, 11) is -3.94. The van der Waals surface area contributed by atoms with Gasteiger partial charge in [-0.2, -0.15) is 0 Å².